The normalized spacial score (nSPS) is 14.0. The van der Waals surface area contributed by atoms with Crippen LogP contribution in [0.2, 0.25) is 24.2 Å². The van der Waals surface area contributed by atoms with Gasteiger partial charge in [0.1, 0.15) is 0 Å². The van der Waals surface area contributed by atoms with Crippen LogP contribution in [0.1, 0.15) is 79.1 Å². The molecule has 0 aliphatic heterocycles. The van der Waals surface area contributed by atoms with Crippen molar-refractivity contribution in [1.29, 1.82) is 0 Å². The highest BCUT2D eigenvalue weighted by molar-refractivity contribution is 9.26. The van der Waals surface area contributed by atoms with E-state index >= 15 is 0 Å². The second-order valence-corrected chi connectivity index (χ2v) is 21.4. The van der Waals surface area contributed by atoms with Gasteiger partial charge in [-0.1, -0.05) is 99.1 Å². The van der Waals surface area contributed by atoms with E-state index in [1.54, 1.807) is 0 Å². The lowest BCUT2D eigenvalue weighted by molar-refractivity contribution is 0.152. The van der Waals surface area contributed by atoms with Crippen LogP contribution >= 0.6 is 41.2 Å². The van der Waals surface area contributed by atoms with Gasteiger partial charge in [0.15, 0.2) is 0 Å². The van der Waals surface area contributed by atoms with E-state index in [1.165, 1.54) is 87.0 Å². The Morgan fingerprint density at radius 1 is 0.600 bits per heavy atom. The molecule has 0 aromatic carbocycles. The van der Waals surface area contributed by atoms with E-state index in [2.05, 4.69) is 27.7 Å². The second kappa shape index (κ2) is 23.9. The Kier molecular flexibility index (Phi) is 25.3. The molecule has 0 saturated carbocycles. The maximum absolute atomic E-state index is 5.89. The first-order valence-corrected chi connectivity index (χ1v) is 22.1. The third kappa shape index (κ3) is 16.4. The third-order valence-electron chi connectivity index (χ3n) is 5.85. The zero-order chi connectivity index (χ0) is 22.5. The predicted molar refractivity (Wildman–Crippen MR) is 155 cm³/mol. The molecule has 2 nitrogen and oxygen atoms in total. The Labute approximate surface area is 207 Å². The summed E-state index contributed by atoms with van der Waals surface area (Å²) in [7, 11) is 10.5. The van der Waals surface area contributed by atoms with Crippen molar-refractivity contribution in [2.24, 2.45) is 0 Å². The Morgan fingerprint density at radius 3 is 1.20 bits per heavy atom. The summed E-state index contributed by atoms with van der Waals surface area (Å²) in [6, 6.07) is 5.80. The molecule has 0 rings (SSSR count). The van der Waals surface area contributed by atoms with Gasteiger partial charge >= 0.3 is 0 Å². The van der Waals surface area contributed by atoms with E-state index in [9.17, 15) is 0 Å². The van der Waals surface area contributed by atoms with Crippen molar-refractivity contribution in [1.82, 2.24) is 0 Å². The van der Waals surface area contributed by atoms with Crippen LogP contribution in [0.15, 0.2) is 0 Å². The standard InChI is InChI=1S/C22H50O2S4Si2/c1-7-17-29(18-8-2)21(23-5)13-11-15-25-27-28-26-16-12-14-22(24-6)30(19-9-3)20-10-4/h21-22,29-30H,7-20H2,1-6H3. The smallest absolute Gasteiger partial charge is 0.0716 e. The largest absolute Gasteiger partial charge is 0.385 e. The number of rotatable bonds is 23. The molecular formula is C22H50O2S4Si2. The monoisotopic (exact) mass is 530 g/mol. The van der Waals surface area contributed by atoms with Crippen LogP contribution in [0.4, 0.5) is 0 Å². The minimum atomic E-state index is -0.710. The van der Waals surface area contributed by atoms with Crippen molar-refractivity contribution in [3.63, 3.8) is 0 Å². The van der Waals surface area contributed by atoms with E-state index < -0.39 is 17.6 Å². The van der Waals surface area contributed by atoms with Crippen LogP contribution in [0.3, 0.4) is 0 Å². The lowest BCUT2D eigenvalue weighted by Crippen LogP contribution is -2.32. The third-order valence-corrected chi connectivity index (χ3v) is 21.1. The molecule has 0 heterocycles. The summed E-state index contributed by atoms with van der Waals surface area (Å²) in [6.45, 7) is 9.32. The fraction of sp³-hybridized carbons (Fsp3) is 1.00. The fourth-order valence-electron chi connectivity index (χ4n) is 4.40. The number of ether oxygens (including phenoxy) is 2. The van der Waals surface area contributed by atoms with E-state index in [1.807, 2.05) is 55.5 Å². The van der Waals surface area contributed by atoms with Crippen molar-refractivity contribution in [2.75, 3.05) is 25.7 Å². The van der Waals surface area contributed by atoms with Gasteiger partial charge in [-0.05, 0) is 45.3 Å². The van der Waals surface area contributed by atoms with Gasteiger partial charge in [-0.15, -0.1) is 0 Å². The van der Waals surface area contributed by atoms with Gasteiger partial charge in [-0.2, -0.15) is 0 Å². The number of methoxy groups -OCH3 is 2. The zero-order valence-corrected chi connectivity index (χ0v) is 26.2. The summed E-state index contributed by atoms with van der Waals surface area (Å²) < 4.78 is 11.8. The molecule has 2 unspecified atom stereocenters. The van der Waals surface area contributed by atoms with E-state index in [4.69, 9.17) is 9.47 Å². The summed E-state index contributed by atoms with van der Waals surface area (Å²) in [4.78, 5) is 0. The van der Waals surface area contributed by atoms with Crippen molar-refractivity contribution >= 4 is 58.8 Å². The van der Waals surface area contributed by atoms with Gasteiger partial charge < -0.3 is 9.47 Å². The minimum Gasteiger partial charge on any atom is -0.385 e. The average Bonchev–Trinajstić information content (AvgIpc) is 2.75. The molecule has 2 atom stereocenters. The molecule has 0 fully saturated rings. The fourth-order valence-corrected chi connectivity index (χ4v) is 17.8. The molecule has 0 aromatic heterocycles. The highest BCUT2D eigenvalue weighted by Gasteiger charge is 2.22. The molecule has 0 amide bonds. The van der Waals surface area contributed by atoms with Crippen LogP contribution < -0.4 is 0 Å². The summed E-state index contributed by atoms with van der Waals surface area (Å²) in [6.07, 6.45) is 10.5. The Balaban J connectivity index is 3.79. The van der Waals surface area contributed by atoms with Crippen molar-refractivity contribution in [2.45, 2.75) is 115 Å². The second-order valence-electron chi connectivity index (χ2n) is 8.29. The first-order valence-electron chi connectivity index (χ1n) is 12.3. The van der Waals surface area contributed by atoms with Gasteiger partial charge in [0.05, 0.1) is 17.6 Å². The van der Waals surface area contributed by atoms with Crippen LogP contribution in [-0.4, -0.2) is 54.8 Å². The summed E-state index contributed by atoms with van der Waals surface area (Å²) in [5.74, 6) is 2.51. The molecule has 0 N–H and O–H groups in total. The van der Waals surface area contributed by atoms with Crippen LogP contribution in [0.25, 0.3) is 0 Å². The SMILES string of the molecule is CCC[SiH](CCC)C(CCCSSSSCCCC(OC)[SiH](CCC)CCC)OC. The maximum atomic E-state index is 5.89. The molecule has 0 spiro atoms. The van der Waals surface area contributed by atoms with Gasteiger partial charge in [0, 0.05) is 37.2 Å². The van der Waals surface area contributed by atoms with Gasteiger partial charge in [0.2, 0.25) is 0 Å². The molecule has 0 aromatic rings. The van der Waals surface area contributed by atoms with Crippen molar-refractivity contribution < 1.29 is 9.47 Å². The Hall–Kier alpha value is 1.75. The van der Waals surface area contributed by atoms with E-state index in [0.29, 0.717) is 11.5 Å². The number of hydrogen-bond acceptors (Lipinski definition) is 6. The first kappa shape index (κ1) is 31.8. The van der Waals surface area contributed by atoms with E-state index in [0.717, 1.165) is 0 Å². The topological polar surface area (TPSA) is 18.5 Å². The maximum Gasteiger partial charge on any atom is 0.0716 e. The number of hydrogen-bond donors (Lipinski definition) is 0. The molecule has 0 radical (unpaired) electrons. The summed E-state index contributed by atoms with van der Waals surface area (Å²) >= 11 is 0. The van der Waals surface area contributed by atoms with Gasteiger partial charge in [-0.25, -0.2) is 0 Å². The molecule has 0 aliphatic rings. The molecule has 30 heavy (non-hydrogen) atoms. The summed E-state index contributed by atoms with van der Waals surface area (Å²) in [5.41, 5.74) is 1.19. The highest BCUT2D eigenvalue weighted by Crippen LogP contribution is 2.43. The lowest BCUT2D eigenvalue weighted by atomic mass is 10.3. The van der Waals surface area contributed by atoms with Crippen LogP contribution in [0.5, 0.6) is 0 Å². The molecule has 0 saturated heterocycles. The lowest BCUT2D eigenvalue weighted by Gasteiger charge is -2.24. The molecule has 0 aliphatic carbocycles. The van der Waals surface area contributed by atoms with Crippen LogP contribution in [-0.2, 0) is 9.47 Å². The highest BCUT2D eigenvalue weighted by atomic mass is 33.7. The predicted octanol–water partition coefficient (Wildman–Crippen LogP) is 8.43. The van der Waals surface area contributed by atoms with Crippen molar-refractivity contribution in [3.05, 3.63) is 0 Å². The van der Waals surface area contributed by atoms with Gasteiger partial charge in [0.25, 0.3) is 0 Å². The van der Waals surface area contributed by atoms with Gasteiger partial charge in [-0.3, -0.25) is 0 Å². The van der Waals surface area contributed by atoms with E-state index in [-0.39, 0.29) is 0 Å². The average molecular weight is 531 g/mol. The molecule has 182 valence electrons. The Bertz CT molecular complexity index is 313. The van der Waals surface area contributed by atoms with Crippen LogP contribution in [0, 0.1) is 0 Å². The molecule has 0 bridgehead atoms. The minimum absolute atomic E-state index is 0.596. The van der Waals surface area contributed by atoms with Crippen molar-refractivity contribution in [3.8, 4) is 0 Å². The Morgan fingerprint density at radius 2 is 0.933 bits per heavy atom. The first-order chi connectivity index (χ1) is 14.7. The molecular weight excluding hydrogens is 481 g/mol. The molecule has 8 heteroatoms. The zero-order valence-electron chi connectivity index (χ0n) is 20.7. The quantitative estimate of drug-likeness (QED) is 0.0744. The summed E-state index contributed by atoms with van der Waals surface area (Å²) in [5, 5.41) is 0.